The van der Waals surface area contributed by atoms with Gasteiger partial charge >= 0.3 is 6.18 Å². The van der Waals surface area contributed by atoms with Crippen molar-refractivity contribution in [2.45, 2.75) is 13.1 Å². The molecule has 0 saturated carbocycles. The molecular weight excluding hydrogens is 435 g/mol. The molecule has 8 heteroatoms. The van der Waals surface area contributed by atoms with Crippen molar-refractivity contribution in [2.75, 3.05) is 11.9 Å². The molecule has 5 nitrogen and oxygen atoms in total. The molecule has 0 radical (unpaired) electrons. The molecule has 4 aromatic rings. The minimum absolute atomic E-state index is 0.0391. The van der Waals surface area contributed by atoms with Crippen molar-refractivity contribution in [1.82, 2.24) is 0 Å². The van der Waals surface area contributed by atoms with Gasteiger partial charge in [0, 0.05) is 11.3 Å². The van der Waals surface area contributed by atoms with Gasteiger partial charge in [0.1, 0.15) is 5.58 Å². The van der Waals surface area contributed by atoms with Crippen molar-refractivity contribution in [3.05, 3.63) is 94.1 Å². The molecule has 0 aliphatic rings. The van der Waals surface area contributed by atoms with Crippen LogP contribution < -0.4 is 15.5 Å². The van der Waals surface area contributed by atoms with Gasteiger partial charge in [0.15, 0.2) is 12.4 Å². The van der Waals surface area contributed by atoms with Crippen LogP contribution >= 0.6 is 0 Å². The van der Waals surface area contributed by atoms with Crippen molar-refractivity contribution in [1.29, 1.82) is 0 Å². The molecule has 1 amide bonds. The van der Waals surface area contributed by atoms with Crippen LogP contribution in [-0.4, -0.2) is 12.5 Å². The molecule has 1 N–H and O–H groups in total. The predicted molar refractivity (Wildman–Crippen MR) is 118 cm³/mol. The summed E-state index contributed by atoms with van der Waals surface area (Å²) in [6.45, 7) is 1.31. The lowest BCUT2D eigenvalue weighted by Crippen LogP contribution is -2.23. The van der Waals surface area contributed by atoms with E-state index in [2.05, 4.69) is 5.32 Å². The van der Waals surface area contributed by atoms with E-state index in [4.69, 9.17) is 9.15 Å². The highest BCUT2D eigenvalue weighted by atomic mass is 19.4. The third-order valence-corrected chi connectivity index (χ3v) is 4.89. The molecule has 0 atom stereocenters. The largest absolute Gasteiger partial charge is 0.476 e. The summed E-state index contributed by atoms with van der Waals surface area (Å²) in [5, 5.41) is 2.63. The van der Waals surface area contributed by atoms with E-state index < -0.39 is 29.7 Å². The molecule has 1 aromatic heterocycles. The second-order valence-corrected chi connectivity index (χ2v) is 7.37. The number of hydrogen-bond donors (Lipinski definition) is 1. The zero-order valence-electron chi connectivity index (χ0n) is 17.4. The SMILES string of the molecule is Cc1ccc(-c2oc3ccccc3c(=O)c2OCC(=O)Nc2cccc(C(F)(F)F)c2)cc1. The number of halogens is 3. The van der Waals surface area contributed by atoms with E-state index in [-0.39, 0.29) is 22.6 Å². The number of ether oxygens (including phenoxy) is 1. The van der Waals surface area contributed by atoms with Gasteiger partial charge in [-0.3, -0.25) is 9.59 Å². The summed E-state index contributed by atoms with van der Waals surface area (Å²) in [5.74, 6) is -0.723. The quantitative estimate of drug-likeness (QED) is 0.414. The number of aryl methyl sites for hydroxylation is 1. The lowest BCUT2D eigenvalue weighted by atomic mass is 10.1. The Hall–Kier alpha value is -4.07. The van der Waals surface area contributed by atoms with Gasteiger partial charge in [0.05, 0.1) is 10.9 Å². The summed E-state index contributed by atoms with van der Waals surface area (Å²) in [7, 11) is 0. The van der Waals surface area contributed by atoms with Crippen LogP contribution in [0, 0.1) is 6.92 Å². The third-order valence-electron chi connectivity index (χ3n) is 4.89. The van der Waals surface area contributed by atoms with Crippen molar-refractivity contribution in [3.63, 3.8) is 0 Å². The van der Waals surface area contributed by atoms with Crippen LogP contribution in [0.25, 0.3) is 22.3 Å². The van der Waals surface area contributed by atoms with E-state index in [1.165, 1.54) is 12.1 Å². The number of benzene rings is 3. The number of amides is 1. The first kappa shape index (κ1) is 22.1. The maximum Gasteiger partial charge on any atom is 0.416 e. The van der Waals surface area contributed by atoms with Crippen molar-refractivity contribution < 1.29 is 27.1 Å². The Labute approximate surface area is 186 Å². The van der Waals surface area contributed by atoms with E-state index in [1.54, 1.807) is 36.4 Å². The van der Waals surface area contributed by atoms with Crippen LogP contribution in [0.3, 0.4) is 0 Å². The first-order valence-corrected chi connectivity index (χ1v) is 9.95. The molecule has 0 bridgehead atoms. The first-order chi connectivity index (χ1) is 15.7. The number of carbonyl (C=O) groups excluding carboxylic acids is 1. The number of nitrogens with one attached hydrogen (secondary N) is 1. The van der Waals surface area contributed by atoms with Gasteiger partial charge in [-0.25, -0.2) is 0 Å². The van der Waals surface area contributed by atoms with E-state index in [0.717, 1.165) is 17.7 Å². The fourth-order valence-electron chi connectivity index (χ4n) is 3.26. The number of alkyl halides is 3. The van der Waals surface area contributed by atoms with Gasteiger partial charge in [0.25, 0.3) is 5.91 Å². The van der Waals surface area contributed by atoms with E-state index >= 15 is 0 Å². The minimum Gasteiger partial charge on any atom is -0.476 e. The monoisotopic (exact) mass is 453 g/mol. The van der Waals surface area contributed by atoms with E-state index in [0.29, 0.717) is 11.1 Å². The Morgan fingerprint density at radius 1 is 1.00 bits per heavy atom. The van der Waals surface area contributed by atoms with Crippen molar-refractivity contribution in [2.24, 2.45) is 0 Å². The summed E-state index contributed by atoms with van der Waals surface area (Å²) in [6, 6.07) is 18.1. The second kappa shape index (κ2) is 8.82. The summed E-state index contributed by atoms with van der Waals surface area (Å²) in [4.78, 5) is 25.4. The average Bonchev–Trinajstić information content (AvgIpc) is 2.78. The lowest BCUT2D eigenvalue weighted by molar-refractivity contribution is -0.137. The molecule has 0 saturated heterocycles. The Kier molecular flexibility index (Phi) is 5.91. The maximum absolute atomic E-state index is 13.1. The number of anilines is 1. The Bertz CT molecular complexity index is 1380. The standard InChI is InChI=1S/C25H18F3NO4/c1-15-9-11-16(12-10-15)23-24(22(31)19-7-2-3-8-20(19)33-23)32-14-21(30)29-18-6-4-5-17(13-18)25(26,27)28/h2-13H,14H2,1H3,(H,29,30). The Morgan fingerprint density at radius 2 is 1.73 bits per heavy atom. The van der Waals surface area contributed by atoms with Crippen LogP contribution in [0.5, 0.6) is 5.75 Å². The highest BCUT2D eigenvalue weighted by Crippen LogP contribution is 2.32. The number of rotatable bonds is 5. The van der Waals surface area contributed by atoms with Crippen LogP contribution in [0.15, 0.2) is 82.0 Å². The molecule has 1 heterocycles. The fourth-order valence-corrected chi connectivity index (χ4v) is 3.26. The lowest BCUT2D eigenvalue weighted by Gasteiger charge is -2.13. The number of fused-ring (bicyclic) bond motifs is 1. The zero-order valence-corrected chi connectivity index (χ0v) is 17.4. The third kappa shape index (κ3) is 4.90. The van der Waals surface area contributed by atoms with Crippen LogP contribution in [0.4, 0.5) is 18.9 Å². The molecule has 4 rings (SSSR count). The molecule has 33 heavy (non-hydrogen) atoms. The van der Waals surface area contributed by atoms with Crippen molar-refractivity contribution in [3.8, 4) is 17.1 Å². The highest BCUT2D eigenvalue weighted by molar-refractivity contribution is 5.92. The molecule has 0 fully saturated rings. The van der Waals surface area contributed by atoms with Gasteiger partial charge in [-0.15, -0.1) is 0 Å². The van der Waals surface area contributed by atoms with E-state index in [9.17, 15) is 22.8 Å². The highest BCUT2D eigenvalue weighted by Gasteiger charge is 2.30. The van der Waals surface area contributed by atoms with E-state index in [1.807, 2.05) is 19.1 Å². The minimum atomic E-state index is -4.54. The number of para-hydroxylation sites is 1. The molecule has 0 spiro atoms. The number of carbonyl (C=O) groups is 1. The molecule has 0 aliphatic heterocycles. The van der Waals surface area contributed by atoms with Gasteiger partial charge in [-0.1, -0.05) is 48.0 Å². The van der Waals surface area contributed by atoms with Gasteiger partial charge in [-0.2, -0.15) is 13.2 Å². The van der Waals surface area contributed by atoms with Gasteiger partial charge in [0.2, 0.25) is 11.2 Å². The average molecular weight is 453 g/mol. The van der Waals surface area contributed by atoms with Crippen LogP contribution in [0.1, 0.15) is 11.1 Å². The first-order valence-electron chi connectivity index (χ1n) is 9.95. The zero-order chi connectivity index (χ0) is 23.6. The second-order valence-electron chi connectivity index (χ2n) is 7.37. The normalized spacial score (nSPS) is 11.4. The summed E-state index contributed by atoms with van der Waals surface area (Å²) in [5.41, 5.74) is 0.556. The smallest absolute Gasteiger partial charge is 0.416 e. The molecule has 0 unspecified atom stereocenters. The Morgan fingerprint density at radius 3 is 2.45 bits per heavy atom. The van der Waals surface area contributed by atoms with Crippen molar-refractivity contribution >= 4 is 22.6 Å². The summed E-state index contributed by atoms with van der Waals surface area (Å²) in [6.07, 6.45) is -4.54. The van der Waals surface area contributed by atoms with Gasteiger partial charge in [-0.05, 0) is 37.3 Å². The topological polar surface area (TPSA) is 68.5 Å². The van der Waals surface area contributed by atoms with Gasteiger partial charge < -0.3 is 14.5 Å². The molecule has 3 aromatic carbocycles. The molecule has 168 valence electrons. The number of hydrogen-bond acceptors (Lipinski definition) is 4. The maximum atomic E-state index is 13.1. The summed E-state index contributed by atoms with van der Waals surface area (Å²) < 4.78 is 50.2. The van der Waals surface area contributed by atoms with Crippen LogP contribution in [0.2, 0.25) is 0 Å². The fraction of sp³-hybridized carbons (Fsp3) is 0.120. The summed E-state index contributed by atoms with van der Waals surface area (Å²) >= 11 is 0. The molecular formula is C25H18F3NO4. The Balaban J connectivity index is 1.62. The molecule has 0 aliphatic carbocycles. The predicted octanol–water partition coefficient (Wildman–Crippen LogP) is 5.80. The van der Waals surface area contributed by atoms with Crippen LogP contribution in [-0.2, 0) is 11.0 Å².